The fourth-order valence-corrected chi connectivity index (χ4v) is 2.18. The molecule has 2 rings (SSSR count). The van der Waals surface area contributed by atoms with E-state index in [0.717, 1.165) is 24.3 Å². The van der Waals surface area contributed by atoms with Crippen molar-refractivity contribution in [2.75, 3.05) is 5.43 Å². The molecule has 0 atom stereocenters. The molecule has 0 bridgehead atoms. The molecule has 4 N–H and O–H groups in total. The van der Waals surface area contributed by atoms with Gasteiger partial charge in [-0.25, -0.2) is 0 Å². The third-order valence-electron chi connectivity index (χ3n) is 2.74. The molecule has 1 aromatic carbocycles. The molecule has 13 nitrogen and oxygen atoms in total. The summed E-state index contributed by atoms with van der Waals surface area (Å²) in [5.41, 5.74) is 1.33. The van der Waals surface area contributed by atoms with Crippen LogP contribution in [0, 0.1) is 20.2 Å². The molecule has 0 radical (unpaired) electrons. The number of benzene rings is 1. The number of nitro groups is 2. The van der Waals surface area contributed by atoms with Crippen LogP contribution in [0.1, 0.15) is 0 Å². The van der Waals surface area contributed by atoms with Gasteiger partial charge in [-0.2, -0.15) is 8.42 Å². The van der Waals surface area contributed by atoms with Gasteiger partial charge in [0.1, 0.15) is 10.6 Å². The Morgan fingerprint density at radius 2 is 1.69 bits per heavy atom. The summed E-state index contributed by atoms with van der Waals surface area (Å²) in [6.45, 7) is 0. The molecule has 14 heteroatoms. The van der Waals surface area contributed by atoms with E-state index in [2.05, 4.69) is 5.43 Å². The topological polar surface area (TPSA) is 213 Å². The zero-order chi connectivity index (χ0) is 20.1. The molecule has 1 aliphatic carbocycles. The van der Waals surface area contributed by atoms with Crippen LogP contribution in [0.4, 0.5) is 17.1 Å². The molecular weight excluding hydrogens is 376 g/mol. The van der Waals surface area contributed by atoms with Crippen LogP contribution in [0.2, 0.25) is 0 Å². The molecular formula is C12H10N4O9S. The van der Waals surface area contributed by atoms with Crippen LogP contribution in [0.15, 0.2) is 41.3 Å². The van der Waals surface area contributed by atoms with Gasteiger partial charge in [0, 0.05) is 12.1 Å². The third-order valence-corrected chi connectivity index (χ3v) is 3.61. The van der Waals surface area contributed by atoms with Gasteiger partial charge in [-0.3, -0.25) is 40.2 Å². The van der Waals surface area contributed by atoms with Crippen molar-refractivity contribution in [1.82, 2.24) is 0 Å². The fraction of sp³-hybridized carbons (Fsp3) is 0. The highest BCUT2D eigenvalue weighted by Crippen LogP contribution is 2.27. The number of hydrazine groups is 1. The molecule has 26 heavy (non-hydrogen) atoms. The number of non-ortho nitro benzene ring substituents is 1. The summed E-state index contributed by atoms with van der Waals surface area (Å²) in [4.78, 5) is 39.7. The molecule has 0 saturated carbocycles. The number of hydrogen-bond acceptors (Lipinski definition) is 10. The molecule has 0 amide bonds. The number of nitrogens with zero attached hydrogens (tertiary/aromatic N) is 2. The number of nitrogen functional groups attached to an aromatic ring is 1. The average molecular weight is 386 g/mol. The van der Waals surface area contributed by atoms with Crippen LogP contribution in [-0.2, 0) is 19.7 Å². The summed E-state index contributed by atoms with van der Waals surface area (Å²) in [6.07, 6.45) is 2.31. The van der Waals surface area contributed by atoms with Gasteiger partial charge in [0.2, 0.25) is 0 Å². The Balaban J connectivity index is 0.000000263. The average Bonchev–Trinajstić information content (AvgIpc) is 2.55. The number of nitro benzene ring substituents is 2. The van der Waals surface area contributed by atoms with Gasteiger partial charge < -0.3 is 5.43 Å². The molecule has 0 aromatic heterocycles. The van der Waals surface area contributed by atoms with Crippen molar-refractivity contribution in [1.29, 1.82) is 0 Å². The Hall–Kier alpha value is -3.49. The second-order valence-corrected chi connectivity index (χ2v) is 5.83. The van der Waals surface area contributed by atoms with Gasteiger partial charge in [0.05, 0.1) is 15.9 Å². The van der Waals surface area contributed by atoms with Gasteiger partial charge in [-0.05, 0) is 18.2 Å². The first-order chi connectivity index (χ1) is 12.0. The number of carbonyl (C=O) groups is 2. The third kappa shape index (κ3) is 5.26. The first-order valence-electron chi connectivity index (χ1n) is 6.32. The fourth-order valence-electron chi connectivity index (χ4n) is 1.60. The predicted octanol–water partition coefficient (Wildman–Crippen LogP) is 0.255. The maximum Gasteiger partial charge on any atom is 0.300 e. The normalized spacial score (nSPS) is 13.4. The van der Waals surface area contributed by atoms with Crippen LogP contribution in [0.25, 0.3) is 0 Å². The molecule has 0 fully saturated rings. The van der Waals surface area contributed by atoms with Crippen LogP contribution < -0.4 is 11.3 Å². The minimum Gasteiger partial charge on any atom is -0.318 e. The number of rotatable bonds is 4. The van der Waals surface area contributed by atoms with E-state index >= 15 is 0 Å². The Kier molecular flexibility index (Phi) is 6.37. The van der Waals surface area contributed by atoms with Gasteiger partial charge in [-0.1, -0.05) is 0 Å². The second-order valence-electron chi connectivity index (χ2n) is 4.44. The lowest BCUT2D eigenvalue weighted by Gasteiger charge is -2.01. The quantitative estimate of drug-likeness (QED) is 0.210. The van der Waals surface area contributed by atoms with E-state index in [4.69, 9.17) is 10.4 Å². The SMILES string of the molecule is NNc1ccc([N+](=O)[O-])cc1[N+](=O)[O-].O=C1C=CC(=O)C(S(=O)(=O)O)=C1. The minimum atomic E-state index is -4.57. The lowest BCUT2D eigenvalue weighted by molar-refractivity contribution is -0.393. The summed E-state index contributed by atoms with van der Waals surface area (Å²) < 4.78 is 29.3. The van der Waals surface area contributed by atoms with Crippen molar-refractivity contribution in [3.63, 3.8) is 0 Å². The second kappa shape index (κ2) is 8.06. The van der Waals surface area contributed by atoms with Gasteiger partial charge >= 0.3 is 5.69 Å². The standard InChI is InChI=1S/C6H6N4O4.C6H4O5S/c7-8-5-2-1-4(9(11)12)3-6(5)10(13)14;7-4-1-2-5(8)6(3-4)12(9,10)11/h1-3,8H,7H2;1-3H,(H,9,10,11). The highest BCUT2D eigenvalue weighted by atomic mass is 32.2. The number of anilines is 1. The molecule has 0 aliphatic heterocycles. The highest BCUT2D eigenvalue weighted by Gasteiger charge is 2.24. The Morgan fingerprint density at radius 3 is 2.12 bits per heavy atom. The minimum absolute atomic E-state index is 0.0283. The first-order valence-corrected chi connectivity index (χ1v) is 7.76. The number of nitrogens with two attached hydrogens (primary N) is 1. The smallest absolute Gasteiger partial charge is 0.300 e. The van der Waals surface area contributed by atoms with Crippen molar-refractivity contribution in [2.24, 2.45) is 5.84 Å². The van der Waals surface area contributed by atoms with E-state index in [9.17, 15) is 38.2 Å². The summed E-state index contributed by atoms with van der Waals surface area (Å²) in [7, 11) is -4.57. The monoisotopic (exact) mass is 386 g/mol. The first kappa shape index (κ1) is 20.6. The molecule has 0 spiro atoms. The van der Waals surface area contributed by atoms with Crippen molar-refractivity contribution in [3.8, 4) is 0 Å². The molecule has 1 aliphatic rings. The molecule has 1 aromatic rings. The van der Waals surface area contributed by atoms with Crippen molar-refractivity contribution >= 4 is 38.7 Å². The van der Waals surface area contributed by atoms with Crippen molar-refractivity contribution in [2.45, 2.75) is 0 Å². The lowest BCUT2D eigenvalue weighted by atomic mass is 10.2. The summed E-state index contributed by atoms with van der Waals surface area (Å²) in [5.74, 6) is 3.46. The van der Waals surface area contributed by atoms with E-state index < -0.39 is 42.1 Å². The Bertz CT molecular complexity index is 949. The highest BCUT2D eigenvalue weighted by molar-refractivity contribution is 7.91. The number of ketones is 2. The Labute approximate surface area is 144 Å². The van der Waals surface area contributed by atoms with E-state index in [0.29, 0.717) is 6.08 Å². The molecule has 138 valence electrons. The lowest BCUT2D eigenvalue weighted by Crippen LogP contribution is -2.15. The van der Waals surface area contributed by atoms with Crippen molar-refractivity contribution in [3.05, 3.63) is 61.6 Å². The van der Waals surface area contributed by atoms with E-state index in [1.807, 2.05) is 0 Å². The van der Waals surface area contributed by atoms with Gasteiger partial charge in [0.25, 0.3) is 15.8 Å². The van der Waals surface area contributed by atoms with E-state index in [1.165, 1.54) is 6.07 Å². The summed E-state index contributed by atoms with van der Waals surface area (Å²) >= 11 is 0. The Morgan fingerprint density at radius 1 is 1.08 bits per heavy atom. The maximum absolute atomic E-state index is 10.7. The zero-order valence-electron chi connectivity index (χ0n) is 12.6. The number of hydrogen-bond donors (Lipinski definition) is 3. The maximum atomic E-state index is 10.7. The molecule has 0 saturated heterocycles. The van der Waals surface area contributed by atoms with E-state index in [-0.39, 0.29) is 11.4 Å². The van der Waals surface area contributed by atoms with Crippen molar-refractivity contribution < 1.29 is 32.4 Å². The molecule has 0 unspecified atom stereocenters. The predicted molar refractivity (Wildman–Crippen MR) is 86.3 cm³/mol. The zero-order valence-corrected chi connectivity index (χ0v) is 13.4. The largest absolute Gasteiger partial charge is 0.318 e. The van der Waals surface area contributed by atoms with Gasteiger partial charge in [-0.15, -0.1) is 0 Å². The summed E-state index contributed by atoms with van der Waals surface area (Å²) in [6, 6.07) is 3.15. The van der Waals surface area contributed by atoms with Gasteiger partial charge in [0.15, 0.2) is 11.6 Å². The van der Waals surface area contributed by atoms with Crippen LogP contribution in [0.5, 0.6) is 0 Å². The van der Waals surface area contributed by atoms with Crippen LogP contribution in [0.3, 0.4) is 0 Å². The van der Waals surface area contributed by atoms with E-state index in [1.54, 1.807) is 0 Å². The number of allylic oxidation sites excluding steroid dienone is 4. The summed E-state index contributed by atoms with van der Waals surface area (Å²) in [5, 5.41) is 20.7. The number of carbonyl (C=O) groups excluding carboxylic acids is 2. The van der Waals surface area contributed by atoms with Crippen LogP contribution in [-0.4, -0.2) is 34.4 Å². The molecule has 0 heterocycles. The number of nitrogens with one attached hydrogen (secondary N) is 1. The van der Waals surface area contributed by atoms with Crippen LogP contribution >= 0.6 is 0 Å².